The van der Waals surface area contributed by atoms with Crippen LogP contribution in [0, 0.1) is 5.82 Å². The highest BCUT2D eigenvalue weighted by atomic mass is 19.4. The largest absolute Gasteiger partial charge is 0.406 e. The lowest BCUT2D eigenvalue weighted by atomic mass is 10.1. The predicted octanol–water partition coefficient (Wildman–Crippen LogP) is 2.21. The van der Waals surface area contributed by atoms with E-state index in [4.69, 9.17) is 0 Å². The fourth-order valence-electron chi connectivity index (χ4n) is 2.06. The van der Waals surface area contributed by atoms with Crippen LogP contribution in [-0.4, -0.2) is 29.6 Å². The van der Waals surface area contributed by atoms with Crippen molar-refractivity contribution in [3.63, 3.8) is 0 Å². The van der Waals surface area contributed by atoms with Crippen molar-refractivity contribution in [3.05, 3.63) is 35.6 Å². The summed E-state index contributed by atoms with van der Waals surface area (Å²) in [6, 6.07) is 4.33. The second-order valence-corrected chi connectivity index (χ2v) is 4.42. The highest BCUT2D eigenvalue weighted by Gasteiger charge is 2.43. The molecule has 2 unspecified atom stereocenters. The number of carbonyl (C=O) groups is 1. The van der Waals surface area contributed by atoms with Crippen molar-refractivity contribution >= 4 is 5.91 Å². The smallest absolute Gasteiger partial charge is 0.312 e. The topological polar surface area (TPSA) is 32.3 Å². The molecule has 2 atom stereocenters. The van der Waals surface area contributed by atoms with E-state index in [1.807, 2.05) is 0 Å². The summed E-state index contributed by atoms with van der Waals surface area (Å²) in [6.07, 6.45) is -5.36. The normalized spacial score (nSPS) is 24.1. The van der Waals surface area contributed by atoms with E-state index in [0.29, 0.717) is 5.56 Å². The Balaban J connectivity index is 2.27. The van der Waals surface area contributed by atoms with Gasteiger partial charge < -0.3 is 4.90 Å². The summed E-state index contributed by atoms with van der Waals surface area (Å²) in [5, 5.41) is 2.77. The molecule has 0 spiro atoms. The molecule has 2 rings (SSSR count). The molecular weight excluding hydrogens is 264 g/mol. The Hall–Kier alpha value is -1.63. The van der Waals surface area contributed by atoms with E-state index in [1.54, 1.807) is 0 Å². The minimum absolute atomic E-state index is 0.420. The van der Waals surface area contributed by atoms with Gasteiger partial charge in [0.05, 0.1) is 6.04 Å². The van der Waals surface area contributed by atoms with Gasteiger partial charge in [-0.3, -0.25) is 10.1 Å². The minimum Gasteiger partial charge on any atom is -0.312 e. The molecule has 1 heterocycles. The molecule has 1 fully saturated rings. The Labute approximate surface area is 107 Å². The van der Waals surface area contributed by atoms with E-state index in [9.17, 15) is 22.4 Å². The van der Waals surface area contributed by atoms with E-state index < -0.39 is 36.7 Å². The van der Waals surface area contributed by atoms with Gasteiger partial charge in [-0.05, 0) is 24.6 Å². The Morgan fingerprint density at radius 2 is 1.84 bits per heavy atom. The summed E-state index contributed by atoms with van der Waals surface area (Å²) >= 11 is 0. The van der Waals surface area contributed by atoms with Crippen molar-refractivity contribution in [2.24, 2.45) is 0 Å². The monoisotopic (exact) mass is 276 g/mol. The maximum atomic E-state index is 12.8. The number of alkyl halides is 3. The third kappa shape index (κ3) is 3.04. The van der Waals surface area contributed by atoms with Crippen molar-refractivity contribution in [2.45, 2.75) is 25.3 Å². The fourth-order valence-corrected chi connectivity index (χ4v) is 2.06. The molecule has 104 valence electrons. The summed E-state index contributed by atoms with van der Waals surface area (Å²) in [5.41, 5.74) is 0.420. The maximum absolute atomic E-state index is 12.8. The third-order valence-corrected chi connectivity index (χ3v) is 2.91. The maximum Gasteiger partial charge on any atom is 0.406 e. The van der Waals surface area contributed by atoms with Crippen molar-refractivity contribution in [3.8, 4) is 0 Å². The van der Waals surface area contributed by atoms with E-state index >= 15 is 0 Å². The van der Waals surface area contributed by atoms with Gasteiger partial charge in [-0.1, -0.05) is 12.1 Å². The molecule has 1 N–H and O–H groups in total. The Kier molecular flexibility index (Phi) is 3.49. The Bertz CT molecular complexity index is 472. The number of benzene rings is 1. The molecule has 0 aromatic heterocycles. The van der Waals surface area contributed by atoms with Crippen LogP contribution in [-0.2, 0) is 4.79 Å². The number of halogens is 4. The molecule has 0 bridgehead atoms. The van der Waals surface area contributed by atoms with E-state index in [1.165, 1.54) is 19.1 Å². The first-order chi connectivity index (χ1) is 8.78. The average Bonchev–Trinajstić information content (AvgIpc) is 2.57. The number of amides is 1. The highest BCUT2D eigenvalue weighted by Crippen LogP contribution is 2.29. The van der Waals surface area contributed by atoms with Crippen LogP contribution < -0.4 is 5.32 Å². The number of carbonyl (C=O) groups excluding carboxylic acids is 1. The highest BCUT2D eigenvalue weighted by molar-refractivity contribution is 5.84. The van der Waals surface area contributed by atoms with E-state index in [0.717, 1.165) is 17.0 Å². The summed E-state index contributed by atoms with van der Waals surface area (Å²) in [5.74, 6) is -1.10. The Morgan fingerprint density at radius 1 is 1.26 bits per heavy atom. The lowest BCUT2D eigenvalue weighted by Gasteiger charge is -2.25. The molecule has 0 aliphatic carbocycles. The molecule has 1 amide bonds. The van der Waals surface area contributed by atoms with Crippen molar-refractivity contribution in [1.29, 1.82) is 0 Å². The molecule has 7 heteroatoms. The minimum atomic E-state index is -4.47. The Morgan fingerprint density at radius 3 is 2.37 bits per heavy atom. The first-order valence-corrected chi connectivity index (χ1v) is 5.67. The SMILES string of the molecule is CC1NC(c2ccc(F)cc2)N(CC(F)(F)F)C1=O. The number of hydrogen-bond donors (Lipinski definition) is 1. The molecule has 19 heavy (non-hydrogen) atoms. The average molecular weight is 276 g/mol. The predicted molar refractivity (Wildman–Crippen MR) is 59.5 cm³/mol. The zero-order valence-corrected chi connectivity index (χ0v) is 10.0. The van der Waals surface area contributed by atoms with Crippen LogP contribution in [0.5, 0.6) is 0 Å². The first-order valence-electron chi connectivity index (χ1n) is 5.67. The number of nitrogens with zero attached hydrogens (tertiary/aromatic N) is 1. The van der Waals surface area contributed by atoms with Gasteiger partial charge in [0.25, 0.3) is 0 Å². The summed E-state index contributed by atoms with van der Waals surface area (Å²) in [4.78, 5) is 12.4. The fraction of sp³-hybridized carbons (Fsp3) is 0.417. The van der Waals surface area contributed by atoms with E-state index in [-0.39, 0.29) is 0 Å². The van der Waals surface area contributed by atoms with Crippen LogP contribution in [0.4, 0.5) is 17.6 Å². The second-order valence-electron chi connectivity index (χ2n) is 4.42. The van der Waals surface area contributed by atoms with Crippen LogP contribution >= 0.6 is 0 Å². The third-order valence-electron chi connectivity index (χ3n) is 2.91. The van der Waals surface area contributed by atoms with Crippen LogP contribution in [0.3, 0.4) is 0 Å². The lowest BCUT2D eigenvalue weighted by Crippen LogP contribution is -2.38. The van der Waals surface area contributed by atoms with Gasteiger partial charge >= 0.3 is 6.18 Å². The standard InChI is InChI=1S/C12H12F4N2O/c1-7-11(19)18(6-12(14,15)16)10(17-7)8-2-4-9(13)5-3-8/h2-5,7,10,17H,6H2,1H3. The first kappa shape index (κ1) is 13.8. The number of nitrogens with one attached hydrogen (secondary N) is 1. The van der Waals surface area contributed by atoms with Crippen LogP contribution in [0.25, 0.3) is 0 Å². The zero-order chi connectivity index (χ0) is 14.2. The zero-order valence-electron chi connectivity index (χ0n) is 10.0. The summed E-state index contributed by atoms with van der Waals surface area (Å²) in [6.45, 7) is 0.167. The van der Waals surface area contributed by atoms with E-state index in [2.05, 4.69) is 5.32 Å². The number of rotatable bonds is 2. The molecule has 1 aromatic carbocycles. The van der Waals surface area contributed by atoms with Gasteiger partial charge in [-0.25, -0.2) is 4.39 Å². The summed E-state index contributed by atoms with van der Waals surface area (Å²) < 4.78 is 50.3. The van der Waals surface area contributed by atoms with Gasteiger partial charge in [0.1, 0.15) is 18.5 Å². The molecule has 3 nitrogen and oxygen atoms in total. The van der Waals surface area contributed by atoms with Crippen LogP contribution in [0.1, 0.15) is 18.7 Å². The quantitative estimate of drug-likeness (QED) is 0.840. The van der Waals surface area contributed by atoms with Gasteiger partial charge in [-0.15, -0.1) is 0 Å². The number of hydrogen-bond acceptors (Lipinski definition) is 2. The molecule has 1 aromatic rings. The van der Waals surface area contributed by atoms with Gasteiger partial charge in [0, 0.05) is 0 Å². The molecular formula is C12H12F4N2O. The molecule has 1 aliphatic heterocycles. The van der Waals surface area contributed by atoms with Crippen molar-refractivity contribution in [2.75, 3.05) is 6.54 Å². The van der Waals surface area contributed by atoms with Gasteiger partial charge in [0.2, 0.25) is 5.91 Å². The van der Waals surface area contributed by atoms with Crippen LogP contribution in [0.15, 0.2) is 24.3 Å². The molecule has 0 saturated carbocycles. The van der Waals surface area contributed by atoms with Crippen molar-refractivity contribution in [1.82, 2.24) is 10.2 Å². The molecule has 0 radical (unpaired) electrons. The summed E-state index contributed by atoms with van der Waals surface area (Å²) in [7, 11) is 0. The molecule has 1 aliphatic rings. The van der Waals surface area contributed by atoms with Gasteiger partial charge in [0.15, 0.2) is 0 Å². The second kappa shape index (κ2) is 4.80. The van der Waals surface area contributed by atoms with Crippen molar-refractivity contribution < 1.29 is 22.4 Å². The lowest BCUT2D eigenvalue weighted by molar-refractivity contribution is -0.161. The van der Waals surface area contributed by atoms with Crippen LogP contribution in [0.2, 0.25) is 0 Å². The van der Waals surface area contributed by atoms with Gasteiger partial charge in [-0.2, -0.15) is 13.2 Å². The molecule has 1 saturated heterocycles.